The Balaban J connectivity index is 3.13. The van der Waals surface area contributed by atoms with E-state index < -0.39 is 0 Å². The van der Waals surface area contributed by atoms with E-state index in [4.69, 9.17) is 5.73 Å². The molecular weight excluding hydrogens is 192 g/mol. The molecule has 15 heavy (non-hydrogen) atoms. The maximum atomic E-state index is 10.7. The molecule has 0 fully saturated rings. The molecule has 0 aliphatic heterocycles. The third-order valence-electron chi connectivity index (χ3n) is 2.21. The van der Waals surface area contributed by atoms with E-state index in [0.29, 0.717) is 12.1 Å². The average Bonchev–Trinajstić information content (AvgIpc) is 2.26. The molecule has 0 saturated heterocycles. The number of para-hydroxylation sites is 1. The predicted molar refractivity (Wildman–Crippen MR) is 60.4 cm³/mol. The Morgan fingerprint density at radius 1 is 1.53 bits per heavy atom. The molecule has 0 aliphatic carbocycles. The number of nitrogens with two attached hydrogens (primary N) is 1. The van der Waals surface area contributed by atoms with Gasteiger partial charge < -0.3 is 5.73 Å². The molecule has 1 aromatic carbocycles. The summed E-state index contributed by atoms with van der Waals surface area (Å²) in [5, 5.41) is 10.7. The number of hydrogen-bond donors (Lipinski definition) is 1. The van der Waals surface area contributed by atoms with Crippen molar-refractivity contribution in [3.63, 3.8) is 0 Å². The van der Waals surface area contributed by atoms with Crippen molar-refractivity contribution in [3.05, 3.63) is 45.5 Å². The van der Waals surface area contributed by atoms with E-state index in [1.54, 1.807) is 24.3 Å². The maximum Gasteiger partial charge on any atom is 0.276 e. The lowest BCUT2D eigenvalue weighted by molar-refractivity contribution is -0.385. The number of rotatable bonds is 4. The summed E-state index contributed by atoms with van der Waals surface area (Å²) in [6, 6.07) is 6.66. The van der Waals surface area contributed by atoms with Crippen LogP contribution < -0.4 is 5.73 Å². The van der Waals surface area contributed by atoms with E-state index in [2.05, 4.69) is 0 Å². The first kappa shape index (κ1) is 11.4. The van der Waals surface area contributed by atoms with Crippen molar-refractivity contribution >= 4 is 11.8 Å². The molecule has 0 unspecified atom stereocenters. The molecule has 0 atom stereocenters. The van der Waals surface area contributed by atoms with E-state index in [-0.39, 0.29) is 10.6 Å². The number of benzene rings is 1. The van der Waals surface area contributed by atoms with Crippen molar-refractivity contribution in [2.24, 2.45) is 5.73 Å². The molecule has 0 amide bonds. The van der Waals surface area contributed by atoms with E-state index in [1.165, 1.54) is 6.07 Å². The first-order valence-electron chi connectivity index (χ1n) is 4.82. The van der Waals surface area contributed by atoms with Gasteiger partial charge in [0.05, 0.1) is 10.5 Å². The molecule has 4 nitrogen and oxygen atoms in total. The molecule has 4 heteroatoms. The van der Waals surface area contributed by atoms with Crippen LogP contribution in [-0.4, -0.2) is 11.5 Å². The molecule has 1 rings (SSSR count). The van der Waals surface area contributed by atoms with E-state index in [9.17, 15) is 10.1 Å². The van der Waals surface area contributed by atoms with Crippen LogP contribution in [-0.2, 0) is 0 Å². The minimum absolute atomic E-state index is 0.122. The summed E-state index contributed by atoms with van der Waals surface area (Å²) in [6.45, 7) is 2.41. The third-order valence-corrected chi connectivity index (χ3v) is 2.21. The number of hydrogen-bond acceptors (Lipinski definition) is 3. The predicted octanol–water partition coefficient (Wildman–Crippen LogP) is 2.35. The molecule has 0 heterocycles. The van der Waals surface area contributed by atoms with Crippen molar-refractivity contribution in [3.8, 4) is 0 Å². The highest BCUT2D eigenvalue weighted by molar-refractivity contribution is 5.62. The van der Waals surface area contributed by atoms with E-state index in [1.807, 2.05) is 6.92 Å². The first-order valence-corrected chi connectivity index (χ1v) is 4.82. The lowest BCUT2D eigenvalue weighted by Gasteiger charge is -2.01. The normalized spacial score (nSPS) is 11.5. The smallest absolute Gasteiger partial charge is 0.276 e. The lowest BCUT2D eigenvalue weighted by Crippen LogP contribution is -2.02. The first-order chi connectivity index (χ1) is 7.19. The topological polar surface area (TPSA) is 69.2 Å². The minimum atomic E-state index is -0.379. The Morgan fingerprint density at radius 2 is 2.20 bits per heavy atom. The lowest BCUT2D eigenvalue weighted by atomic mass is 10.1. The molecule has 0 saturated carbocycles. The van der Waals surface area contributed by atoms with Crippen LogP contribution in [0.4, 0.5) is 5.69 Å². The minimum Gasteiger partial charge on any atom is -0.327 e. The number of nitrogens with zero attached hydrogens (tertiary/aromatic N) is 1. The largest absolute Gasteiger partial charge is 0.327 e. The van der Waals surface area contributed by atoms with Crippen LogP contribution in [0.1, 0.15) is 18.9 Å². The fourth-order valence-corrected chi connectivity index (χ4v) is 1.30. The van der Waals surface area contributed by atoms with Crippen molar-refractivity contribution in [2.75, 3.05) is 6.54 Å². The van der Waals surface area contributed by atoms with Gasteiger partial charge in [0.1, 0.15) is 0 Å². The molecule has 80 valence electrons. The summed E-state index contributed by atoms with van der Waals surface area (Å²) < 4.78 is 0. The molecule has 0 aliphatic rings. The van der Waals surface area contributed by atoms with Crippen LogP contribution in [0.3, 0.4) is 0 Å². The second kappa shape index (κ2) is 5.26. The van der Waals surface area contributed by atoms with Gasteiger partial charge in [0.15, 0.2) is 0 Å². The fourth-order valence-electron chi connectivity index (χ4n) is 1.30. The summed E-state index contributed by atoms with van der Waals surface area (Å²) in [7, 11) is 0. The molecule has 1 aromatic rings. The SMILES string of the molecule is CCC(=Cc1ccccc1[N+](=O)[O-])CN. The zero-order valence-corrected chi connectivity index (χ0v) is 8.64. The average molecular weight is 206 g/mol. The highest BCUT2D eigenvalue weighted by Crippen LogP contribution is 2.20. The van der Waals surface area contributed by atoms with Crippen LogP contribution in [0.5, 0.6) is 0 Å². The number of nitro groups is 1. The quantitative estimate of drug-likeness (QED) is 0.607. The van der Waals surface area contributed by atoms with Crippen LogP contribution in [0, 0.1) is 10.1 Å². The van der Waals surface area contributed by atoms with Crippen LogP contribution in [0.15, 0.2) is 29.8 Å². The highest BCUT2D eigenvalue weighted by atomic mass is 16.6. The van der Waals surface area contributed by atoms with Gasteiger partial charge >= 0.3 is 0 Å². The molecule has 2 N–H and O–H groups in total. The zero-order valence-electron chi connectivity index (χ0n) is 8.64. The molecule has 0 radical (unpaired) electrons. The summed E-state index contributed by atoms with van der Waals surface area (Å²) in [4.78, 5) is 10.3. The van der Waals surface area contributed by atoms with Crippen molar-refractivity contribution in [1.82, 2.24) is 0 Å². The molecular formula is C11H14N2O2. The Hall–Kier alpha value is -1.68. The molecule has 0 aromatic heterocycles. The zero-order chi connectivity index (χ0) is 11.3. The second-order valence-corrected chi connectivity index (χ2v) is 3.18. The van der Waals surface area contributed by atoms with Crippen molar-refractivity contribution < 1.29 is 4.92 Å². The van der Waals surface area contributed by atoms with Gasteiger partial charge in [-0.05, 0) is 18.6 Å². The van der Waals surface area contributed by atoms with Gasteiger partial charge in [0.2, 0.25) is 0 Å². The van der Waals surface area contributed by atoms with Gasteiger partial charge in [0.25, 0.3) is 5.69 Å². The van der Waals surface area contributed by atoms with Crippen molar-refractivity contribution in [1.29, 1.82) is 0 Å². The number of nitro benzene ring substituents is 1. The van der Waals surface area contributed by atoms with Gasteiger partial charge in [-0.2, -0.15) is 0 Å². The fraction of sp³-hybridized carbons (Fsp3) is 0.273. The van der Waals surface area contributed by atoms with Gasteiger partial charge in [-0.3, -0.25) is 10.1 Å². The highest BCUT2D eigenvalue weighted by Gasteiger charge is 2.09. The van der Waals surface area contributed by atoms with Crippen LogP contribution >= 0.6 is 0 Å². The van der Waals surface area contributed by atoms with Gasteiger partial charge in [-0.1, -0.05) is 24.6 Å². The van der Waals surface area contributed by atoms with E-state index in [0.717, 1.165) is 12.0 Å². The Labute approximate surface area is 88.6 Å². The Morgan fingerprint density at radius 3 is 2.73 bits per heavy atom. The monoisotopic (exact) mass is 206 g/mol. The van der Waals surface area contributed by atoms with Gasteiger partial charge in [0, 0.05) is 12.6 Å². The summed E-state index contributed by atoms with van der Waals surface area (Å²) >= 11 is 0. The van der Waals surface area contributed by atoms with Crippen LogP contribution in [0.25, 0.3) is 6.08 Å². The second-order valence-electron chi connectivity index (χ2n) is 3.18. The van der Waals surface area contributed by atoms with Crippen LogP contribution in [0.2, 0.25) is 0 Å². The van der Waals surface area contributed by atoms with Gasteiger partial charge in [-0.25, -0.2) is 0 Å². The maximum absolute atomic E-state index is 10.7. The van der Waals surface area contributed by atoms with E-state index >= 15 is 0 Å². The standard InChI is InChI=1S/C11H14N2O2/c1-2-9(8-12)7-10-5-3-4-6-11(10)13(14)15/h3-7H,2,8,12H2,1H3. The van der Waals surface area contributed by atoms with Gasteiger partial charge in [-0.15, -0.1) is 0 Å². The summed E-state index contributed by atoms with van der Waals surface area (Å²) in [5.74, 6) is 0. The van der Waals surface area contributed by atoms with Crippen molar-refractivity contribution in [2.45, 2.75) is 13.3 Å². The Bertz CT molecular complexity index is 380. The Kier molecular flexibility index (Phi) is 4.00. The summed E-state index contributed by atoms with van der Waals surface area (Å²) in [5.41, 5.74) is 7.26. The third kappa shape index (κ3) is 2.89. The molecule has 0 bridgehead atoms. The molecule has 0 spiro atoms. The summed E-state index contributed by atoms with van der Waals surface area (Å²) in [6.07, 6.45) is 2.60.